The van der Waals surface area contributed by atoms with Gasteiger partial charge in [0.1, 0.15) is 6.54 Å². The molecule has 0 spiro atoms. The van der Waals surface area contributed by atoms with Gasteiger partial charge in [-0.2, -0.15) is 0 Å². The number of aliphatic hydroxyl groups excluding tert-OH is 1. The van der Waals surface area contributed by atoms with E-state index in [1.54, 1.807) is 4.90 Å². The summed E-state index contributed by atoms with van der Waals surface area (Å²) < 4.78 is 0. The van der Waals surface area contributed by atoms with Crippen molar-refractivity contribution < 1.29 is 14.7 Å². The van der Waals surface area contributed by atoms with Crippen molar-refractivity contribution in [2.75, 3.05) is 19.7 Å². The lowest BCUT2D eigenvalue weighted by molar-refractivity contribution is -0.135. The predicted molar refractivity (Wildman–Crippen MR) is 110 cm³/mol. The van der Waals surface area contributed by atoms with E-state index in [1.807, 2.05) is 53.4 Å². The summed E-state index contributed by atoms with van der Waals surface area (Å²) in [6.07, 6.45) is 2.05. The molecule has 29 heavy (non-hydrogen) atoms. The van der Waals surface area contributed by atoms with Gasteiger partial charge in [0.05, 0.1) is 6.04 Å². The summed E-state index contributed by atoms with van der Waals surface area (Å²) in [4.78, 5) is 29.1. The first-order chi connectivity index (χ1) is 14.2. The van der Waals surface area contributed by atoms with Crippen LogP contribution in [0.5, 0.6) is 0 Å². The number of rotatable bonds is 5. The Hall–Kier alpha value is -2.86. The average molecular weight is 393 g/mol. The summed E-state index contributed by atoms with van der Waals surface area (Å²) in [6, 6.07) is 17.8. The van der Waals surface area contributed by atoms with Gasteiger partial charge in [-0.05, 0) is 36.0 Å². The van der Waals surface area contributed by atoms with E-state index < -0.39 is 0 Å². The number of benzene rings is 2. The van der Waals surface area contributed by atoms with Crippen LogP contribution in [0.4, 0.5) is 4.79 Å². The lowest BCUT2D eigenvalue weighted by Gasteiger charge is -2.39. The van der Waals surface area contributed by atoms with Gasteiger partial charge in [-0.1, -0.05) is 54.6 Å². The summed E-state index contributed by atoms with van der Waals surface area (Å²) in [5.74, 6) is -0.0636. The fourth-order valence-electron chi connectivity index (χ4n) is 4.33. The van der Waals surface area contributed by atoms with Gasteiger partial charge in [-0.25, -0.2) is 4.79 Å². The van der Waals surface area contributed by atoms with Crippen molar-refractivity contribution in [2.45, 2.75) is 37.9 Å². The van der Waals surface area contributed by atoms with E-state index in [1.165, 1.54) is 5.56 Å². The number of amides is 3. The molecular formula is C23H27N3O3. The zero-order chi connectivity index (χ0) is 20.2. The Labute approximate surface area is 171 Å². The molecule has 4 rings (SSSR count). The molecule has 2 heterocycles. The predicted octanol–water partition coefficient (Wildman–Crippen LogP) is 2.48. The summed E-state index contributed by atoms with van der Waals surface area (Å²) in [7, 11) is 0. The van der Waals surface area contributed by atoms with E-state index in [2.05, 4.69) is 11.4 Å². The molecule has 2 aliphatic heterocycles. The Kier molecular flexibility index (Phi) is 5.81. The molecular weight excluding hydrogens is 366 g/mol. The maximum Gasteiger partial charge on any atom is 0.318 e. The van der Waals surface area contributed by atoms with Crippen molar-refractivity contribution >= 4 is 11.9 Å². The van der Waals surface area contributed by atoms with E-state index >= 15 is 0 Å². The number of urea groups is 1. The molecule has 2 N–H and O–H groups in total. The second kappa shape index (κ2) is 8.66. The van der Waals surface area contributed by atoms with Crippen LogP contribution < -0.4 is 5.32 Å². The van der Waals surface area contributed by atoms with Gasteiger partial charge in [0.2, 0.25) is 5.91 Å². The zero-order valence-corrected chi connectivity index (χ0v) is 16.5. The molecule has 0 radical (unpaired) electrons. The maximum absolute atomic E-state index is 13.1. The van der Waals surface area contributed by atoms with E-state index in [-0.39, 0.29) is 37.2 Å². The quantitative estimate of drug-likeness (QED) is 0.820. The molecule has 2 aromatic carbocycles. The molecule has 0 aliphatic carbocycles. The highest BCUT2D eigenvalue weighted by molar-refractivity contribution is 5.85. The van der Waals surface area contributed by atoms with Gasteiger partial charge in [0.25, 0.3) is 0 Å². The number of hydrogen-bond donors (Lipinski definition) is 2. The molecule has 2 aliphatic rings. The van der Waals surface area contributed by atoms with E-state index in [9.17, 15) is 14.7 Å². The lowest BCUT2D eigenvalue weighted by Crippen LogP contribution is -2.54. The van der Waals surface area contributed by atoms with Crippen LogP contribution in [-0.4, -0.2) is 52.6 Å². The molecule has 6 heteroatoms. The topological polar surface area (TPSA) is 72.9 Å². The Balaban J connectivity index is 1.41. The number of hydrogen-bond acceptors (Lipinski definition) is 3. The first-order valence-corrected chi connectivity index (χ1v) is 10.2. The van der Waals surface area contributed by atoms with E-state index in [4.69, 9.17) is 0 Å². The van der Waals surface area contributed by atoms with E-state index in [0.29, 0.717) is 19.5 Å². The second-order valence-corrected chi connectivity index (χ2v) is 7.78. The first kappa shape index (κ1) is 19.5. The van der Waals surface area contributed by atoms with Gasteiger partial charge in [-0.3, -0.25) is 4.79 Å². The van der Waals surface area contributed by atoms with Crippen LogP contribution in [0.15, 0.2) is 54.6 Å². The molecule has 2 aromatic rings. The third kappa shape index (κ3) is 4.27. The SMILES string of the molecule is O=C1NC(c2ccccc2)CCN1CC(=O)N1Cc2ccccc2CC1CCO. The summed E-state index contributed by atoms with van der Waals surface area (Å²) in [5.41, 5.74) is 3.46. The van der Waals surface area contributed by atoms with Crippen molar-refractivity contribution in [3.63, 3.8) is 0 Å². The number of nitrogens with one attached hydrogen (secondary N) is 1. The van der Waals surface area contributed by atoms with Crippen LogP contribution in [0.1, 0.15) is 35.6 Å². The Morgan fingerprint density at radius 3 is 2.52 bits per heavy atom. The Morgan fingerprint density at radius 1 is 1.07 bits per heavy atom. The van der Waals surface area contributed by atoms with Crippen molar-refractivity contribution in [3.8, 4) is 0 Å². The number of aliphatic hydroxyl groups is 1. The first-order valence-electron chi connectivity index (χ1n) is 10.2. The van der Waals surface area contributed by atoms with Crippen LogP contribution in [0, 0.1) is 0 Å². The standard InChI is InChI=1S/C23H27N3O3/c27-13-11-20-14-18-8-4-5-9-19(18)15-26(20)22(28)16-25-12-10-21(24-23(25)29)17-6-2-1-3-7-17/h1-9,20-21,27H,10-16H2,(H,24,29). The van der Waals surface area contributed by atoms with Crippen LogP contribution in [0.3, 0.4) is 0 Å². The molecule has 1 fully saturated rings. The van der Waals surface area contributed by atoms with Crippen molar-refractivity contribution in [3.05, 3.63) is 71.3 Å². The van der Waals surface area contributed by atoms with E-state index in [0.717, 1.165) is 24.0 Å². The lowest BCUT2D eigenvalue weighted by atomic mass is 9.92. The second-order valence-electron chi connectivity index (χ2n) is 7.78. The van der Waals surface area contributed by atoms with Crippen LogP contribution in [0.2, 0.25) is 0 Å². The number of carbonyl (C=O) groups excluding carboxylic acids is 2. The summed E-state index contributed by atoms with van der Waals surface area (Å²) in [5, 5.41) is 12.5. The van der Waals surface area contributed by atoms with Gasteiger partial charge in [-0.15, -0.1) is 0 Å². The highest BCUT2D eigenvalue weighted by Crippen LogP contribution is 2.26. The van der Waals surface area contributed by atoms with Crippen LogP contribution >= 0.6 is 0 Å². The fraction of sp³-hybridized carbons (Fsp3) is 0.391. The monoisotopic (exact) mass is 393 g/mol. The molecule has 6 nitrogen and oxygen atoms in total. The molecule has 1 saturated heterocycles. The highest BCUT2D eigenvalue weighted by atomic mass is 16.3. The molecule has 2 unspecified atom stereocenters. The number of nitrogens with zero attached hydrogens (tertiary/aromatic N) is 2. The average Bonchev–Trinajstić information content (AvgIpc) is 2.75. The molecule has 0 saturated carbocycles. The largest absolute Gasteiger partial charge is 0.396 e. The molecule has 2 atom stereocenters. The Bertz CT molecular complexity index is 871. The van der Waals surface area contributed by atoms with Gasteiger partial charge < -0.3 is 20.2 Å². The third-order valence-corrected chi connectivity index (χ3v) is 5.94. The molecule has 152 valence electrons. The van der Waals surface area contributed by atoms with Crippen LogP contribution in [-0.2, 0) is 17.8 Å². The summed E-state index contributed by atoms with van der Waals surface area (Å²) in [6.45, 7) is 1.19. The minimum atomic E-state index is -0.199. The fourth-order valence-corrected chi connectivity index (χ4v) is 4.33. The molecule has 0 bridgehead atoms. The van der Waals surface area contributed by atoms with Gasteiger partial charge >= 0.3 is 6.03 Å². The smallest absolute Gasteiger partial charge is 0.318 e. The molecule has 0 aromatic heterocycles. The van der Waals surface area contributed by atoms with Crippen molar-refractivity contribution in [2.24, 2.45) is 0 Å². The van der Waals surface area contributed by atoms with Gasteiger partial charge in [0.15, 0.2) is 0 Å². The van der Waals surface area contributed by atoms with Gasteiger partial charge in [0, 0.05) is 25.7 Å². The maximum atomic E-state index is 13.1. The van der Waals surface area contributed by atoms with Crippen molar-refractivity contribution in [1.82, 2.24) is 15.1 Å². The van der Waals surface area contributed by atoms with Crippen molar-refractivity contribution in [1.29, 1.82) is 0 Å². The third-order valence-electron chi connectivity index (χ3n) is 5.94. The highest BCUT2D eigenvalue weighted by Gasteiger charge is 2.33. The summed E-state index contributed by atoms with van der Waals surface area (Å²) >= 11 is 0. The minimum Gasteiger partial charge on any atom is -0.396 e. The normalized spacial score (nSPS) is 21.5. The zero-order valence-electron chi connectivity index (χ0n) is 16.5. The molecule has 3 amide bonds. The van der Waals surface area contributed by atoms with Crippen LogP contribution in [0.25, 0.3) is 0 Å². The Morgan fingerprint density at radius 2 is 1.79 bits per heavy atom. The minimum absolute atomic E-state index is 0.0148. The number of fused-ring (bicyclic) bond motifs is 1. The number of carbonyl (C=O) groups is 2.